The largest absolute Gasteiger partial charge is 0.349 e. The molecule has 2 heteroatoms. The van der Waals surface area contributed by atoms with Crippen molar-refractivity contribution in [3.05, 3.63) is 35.4 Å². The van der Waals surface area contributed by atoms with Crippen LogP contribution in [-0.4, -0.2) is 11.9 Å². The number of benzene rings is 1. The summed E-state index contributed by atoms with van der Waals surface area (Å²) >= 11 is 0. The molecule has 2 aliphatic rings. The Hall–Kier alpha value is -1.31. The van der Waals surface area contributed by atoms with Crippen molar-refractivity contribution in [2.24, 2.45) is 0 Å². The summed E-state index contributed by atoms with van der Waals surface area (Å²) in [4.78, 5) is 11.9. The third kappa shape index (κ3) is 2.74. The second kappa shape index (κ2) is 5.13. The van der Waals surface area contributed by atoms with Crippen molar-refractivity contribution in [1.29, 1.82) is 0 Å². The summed E-state index contributed by atoms with van der Waals surface area (Å²) < 4.78 is 0. The Balaban J connectivity index is 1.65. The molecular weight excluding hydrogens is 222 g/mol. The smallest absolute Gasteiger partial charge is 0.251 e. The van der Waals surface area contributed by atoms with Gasteiger partial charge in [-0.2, -0.15) is 0 Å². The van der Waals surface area contributed by atoms with Gasteiger partial charge < -0.3 is 5.32 Å². The Kier molecular flexibility index (Phi) is 3.35. The second-order valence-electron chi connectivity index (χ2n) is 5.70. The normalized spacial score (nSPS) is 20.7. The van der Waals surface area contributed by atoms with E-state index in [4.69, 9.17) is 0 Å². The molecule has 0 radical (unpaired) electrons. The summed E-state index contributed by atoms with van der Waals surface area (Å²) in [6.45, 7) is 0. The SMILES string of the molecule is O=C(NC1CC1)c1ccc(C2CCCCC2)cc1. The van der Waals surface area contributed by atoms with E-state index in [1.54, 1.807) is 0 Å². The molecule has 0 atom stereocenters. The molecule has 0 saturated heterocycles. The van der Waals surface area contributed by atoms with Crippen molar-refractivity contribution in [3.8, 4) is 0 Å². The minimum absolute atomic E-state index is 0.0905. The zero-order valence-corrected chi connectivity index (χ0v) is 10.8. The average Bonchev–Trinajstić information content (AvgIpc) is 3.24. The van der Waals surface area contributed by atoms with Gasteiger partial charge in [-0.05, 0) is 49.3 Å². The lowest BCUT2D eigenvalue weighted by Gasteiger charge is -2.22. The van der Waals surface area contributed by atoms with Crippen LogP contribution < -0.4 is 5.32 Å². The number of carbonyl (C=O) groups excluding carboxylic acids is 1. The molecule has 0 spiro atoms. The molecule has 0 aliphatic heterocycles. The first-order valence-electron chi connectivity index (χ1n) is 7.24. The van der Waals surface area contributed by atoms with E-state index < -0.39 is 0 Å². The Labute approximate surface area is 109 Å². The molecular formula is C16H21NO. The number of hydrogen-bond donors (Lipinski definition) is 1. The topological polar surface area (TPSA) is 29.1 Å². The predicted octanol–water partition coefficient (Wildman–Crippen LogP) is 3.63. The Morgan fingerprint density at radius 2 is 1.61 bits per heavy atom. The Morgan fingerprint density at radius 1 is 0.944 bits per heavy atom. The predicted molar refractivity (Wildman–Crippen MR) is 72.8 cm³/mol. The molecule has 1 aromatic carbocycles. The van der Waals surface area contributed by atoms with Gasteiger partial charge in [-0.15, -0.1) is 0 Å². The van der Waals surface area contributed by atoms with E-state index in [0.717, 1.165) is 24.3 Å². The molecule has 3 rings (SSSR count). The highest BCUT2D eigenvalue weighted by Gasteiger charge is 2.23. The molecule has 2 nitrogen and oxygen atoms in total. The van der Waals surface area contributed by atoms with Crippen molar-refractivity contribution in [1.82, 2.24) is 5.32 Å². The number of hydrogen-bond acceptors (Lipinski definition) is 1. The number of carbonyl (C=O) groups is 1. The lowest BCUT2D eigenvalue weighted by molar-refractivity contribution is 0.0951. The van der Waals surface area contributed by atoms with E-state index in [1.165, 1.54) is 37.7 Å². The molecule has 1 N–H and O–H groups in total. The average molecular weight is 243 g/mol. The first-order valence-corrected chi connectivity index (χ1v) is 7.24. The summed E-state index contributed by atoms with van der Waals surface area (Å²) in [5, 5.41) is 3.03. The summed E-state index contributed by atoms with van der Waals surface area (Å²) in [7, 11) is 0. The minimum Gasteiger partial charge on any atom is -0.349 e. The summed E-state index contributed by atoms with van der Waals surface area (Å²) in [5.74, 6) is 0.812. The highest BCUT2D eigenvalue weighted by molar-refractivity contribution is 5.94. The van der Waals surface area contributed by atoms with Crippen LogP contribution >= 0.6 is 0 Å². The summed E-state index contributed by atoms with van der Waals surface area (Å²) in [5.41, 5.74) is 2.22. The fourth-order valence-corrected chi connectivity index (χ4v) is 2.84. The number of amides is 1. The third-order valence-electron chi connectivity index (χ3n) is 4.16. The molecule has 2 fully saturated rings. The van der Waals surface area contributed by atoms with E-state index in [2.05, 4.69) is 17.4 Å². The van der Waals surface area contributed by atoms with Gasteiger partial charge in [0.15, 0.2) is 0 Å². The highest BCUT2D eigenvalue weighted by atomic mass is 16.1. The Bertz CT molecular complexity index is 413. The van der Waals surface area contributed by atoms with E-state index in [-0.39, 0.29) is 5.91 Å². The molecule has 1 aromatic rings. The standard InChI is InChI=1S/C16H21NO/c18-16(17-15-10-11-15)14-8-6-13(7-9-14)12-4-2-1-3-5-12/h6-9,12,15H,1-5,10-11H2,(H,17,18). The highest BCUT2D eigenvalue weighted by Crippen LogP contribution is 2.32. The monoisotopic (exact) mass is 243 g/mol. The molecule has 1 amide bonds. The lowest BCUT2D eigenvalue weighted by atomic mass is 9.84. The van der Waals surface area contributed by atoms with Gasteiger partial charge in [0.2, 0.25) is 0 Å². The van der Waals surface area contributed by atoms with Crippen LogP contribution in [0, 0.1) is 0 Å². The zero-order valence-electron chi connectivity index (χ0n) is 10.8. The maximum absolute atomic E-state index is 11.9. The maximum atomic E-state index is 11.9. The van der Waals surface area contributed by atoms with E-state index >= 15 is 0 Å². The Morgan fingerprint density at radius 3 is 2.22 bits per heavy atom. The van der Waals surface area contributed by atoms with Gasteiger partial charge in [0, 0.05) is 11.6 Å². The van der Waals surface area contributed by atoms with E-state index in [1.807, 2.05) is 12.1 Å². The second-order valence-corrected chi connectivity index (χ2v) is 5.70. The van der Waals surface area contributed by atoms with Gasteiger partial charge in [-0.1, -0.05) is 31.4 Å². The van der Waals surface area contributed by atoms with E-state index in [9.17, 15) is 4.79 Å². The van der Waals surface area contributed by atoms with Crippen molar-refractivity contribution in [2.45, 2.75) is 56.9 Å². The maximum Gasteiger partial charge on any atom is 0.251 e. The quantitative estimate of drug-likeness (QED) is 0.863. The van der Waals surface area contributed by atoms with Crippen molar-refractivity contribution in [2.75, 3.05) is 0 Å². The number of rotatable bonds is 3. The van der Waals surface area contributed by atoms with Gasteiger partial charge in [-0.3, -0.25) is 4.79 Å². The number of nitrogens with one attached hydrogen (secondary N) is 1. The van der Waals surface area contributed by atoms with Gasteiger partial charge in [0.1, 0.15) is 0 Å². The van der Waals surface area contributed by atoms with Crippen LogP contribution in [0.1, 0.15) is 66.8 Å². The van der Waals surface area contributed by atoms with Crippen LogP contribution in [0.3, 0.4) is 0 Å². The lowest BCUT2D eigenvalue weighted by Crippen LogP contribution is -2.25. The molecule has 2 aliphatic carbocycles. The minimum atomic E-state index is 0.0905. The van der Waals surface area contributed by atoms with Crippen LogP contribution in [0.15, 0.2) is 24.3 Å². The van der Waals surface area contributed by atoms with Gasteiger partial charge in [0.25, 0.3) is 5.91 Å². The van der Waals surface area contributed by atoms with Crippen LogP contribution in [0.2, 0.25) is 0 Å². The fourth-order valence-electron chi connectivity index (χ4n) is 2.84. The van der Waals surface area contributed by atoms with Crippen molar-refractivity contribution in [3.63, 3.8) is 0 Å². The molecule has 0 bridgehead atoms. The third-order valence-corrected chi connectivity index (χ3v) is 4.16. The fraction of sp³-hybridized carbons (Fsp3) is 0.562. The summed E-state index contributed by atoms with van der Waals surface area (Å²) in [6.07, 6.45) is 9.01. The van der Waals surface area contributed by atoms with Crippen LogP contribution in [-0.2, 0) is 0 Å². The van der Waals surface area contributed by atoms with Crippen LogP contribution in [0.4, 0.5) is 0 Å². The molecule has 0 unspecified atom stereocenters. The summed E-state index contributed by atoms with van der Waals surface area (Å²) in [6, 6.07) is 8.72. The van der Waals surface area contributed by atoms with Gasteiger partial charge >= 0.3 is 0 Å². The first-order chi connectivity index (χ1) is 8.83. The molecule has 0 heterocycles. The van der Waals surface area contributed by atoms with Crippen LogP contribution in [0.25, 0.3) is 0 Å². The molecule has 0 aromatic heterocycles. The molecule has 2 saturated carbocycles. The molecule has 18 heavy (non-hydrogen) atoms. The molecule has 96 valence electrons. The van der Waals surface area contributed by atoms with Gasteiger partial charge in [-0.25, -0.2) is 0 Å². The van der Waals surface area contributed by atoms with Crippen LogP contribution in [0.5, 0.6) is 0 Å². The van der Waals surface area contributed by atoms with Crippen molar-refractivity contribution < 1.29 is 4.79 Å². The van der Waals surface area contributed by atoms with Crippen molar-refractivity contribution >= 4 is 5.91 Å². The van der Waals surface area contributed by atoms with E-state index in [0.29, 0.717) is 6.04 Å². The first kappa shape index (κ1) is 11.8. The zero-order chi connectivity index (χ0) is 12.4. The van der Waals surface area contributed by atoms with Gasteiger partial charge in [0.05, 0.1) is 0 Å².